The van der Waals surface area contributed by atoms with Crippen LogP contribution in [0.25, 0.3) is 5.69 Å². The number of carbonyl (C=O) groups excluding carboxylic acids is 2. The molecule has 0 unspecified atom stereocenters. The van der Waals surface area contributed by atoms with E-state index in [9.17, 15) is 19.8 Å². The molecule has 0 radical (unpaired) electrons. The van der Waals surface area contributed by atoms with Gasteiger partial charge >= 0.3 is 11.9 Å². The summed E-state index contributed by atoms with van der Waals surface area (Å²) in [5.41, 5.74) is 0.696. The van der Waals surface area contributed by atoms with E-state index in [1.807, 2.05) is 12.1 Å². The SMILES string of the molecule is CCOC(=O)c1c(O)c(O)c(C(=O)OCC)n1-c1ccc(C(C)(C)C)cc1. The standard InChI is InChI=1S/C20H25NO6/c1-6-26-18(24)14-16(22)17(23)15(19(25)27-7-2)21(14)13-10-8-12(9-11-13)20(3,4)5/h8-11,22-23H,6-7H2,1-5H3. The quantitative estimate of drug-likeness (QED) is 0.776. The number of hydrogen-bond acceptors (Lipinski definition) is 6. The van der Waals surface area contributed by atoms with Crippen molar-refractivity contribution in [2.24, 2.45) is 0 Å². The lowest BCUT2D eigenvalue weighted by atomic mass is 9.87. The number of aromatic hydroxyl groups is 2. The Hall–Kier alpha value is -2.96. The molecule has 0 aliphatic rings. The molecule has 7 nitrogen and oxygen atoms in total. The zero-order chi connectivity index (χ0) is 20.4. The normalized spacial score (nSPS) is 11.3. The Kier molecular flexibility index (Phi) is 5.83. The van der Waals surface area contributed by atoms with Crippen molar-refractivity contribution in [1.82, 2.24) is 4.57 Å². The van der Waals surface area contributed by atoms with Gasteiger partial charge in [0.1, 0.15) is 0 Å². The van der Waals surface area contributed by atoms with Gasteiger partial charge in [-0.15, -0.1) is 0 Å². The summed E-state index contributed by atoms with van der Waals surface area (Å²) in [6.07, 6.45) is 0. The first-order valence-corrected chi connectivity index (χ1v) is 8.75. The van der Waals surface area contributed by atoms with Crippen LogP contribution in [0.15, 0.2) is 24.3 Å². The van der Waals surface area contributed by atoms with Crippen molar-refractivity contribution >= 4 is 11.9 Å². The van der Waals surface area contributed by atoms with Gasteiger partial charge in [0.2, 0.25) is 0 Å². The molecule has 7 heteroatoms. The number of benzene rings is 1. The Balaban J connectivity index is 2.72. The summed E-state index contributed by atoms with van der Waals surface area (Å²) in [6.45, 7) is 9.55. The fraction of sp³-hybridized carbons (Fsp3) is 0.400. The molecule has 0 spiro atoms. The van der Waals surface area contributed by atoms with Crippen molar-refractivity contribution in [3.05, 3.63) is 41.2 Å². The second-order valence-electron chi connectivity index (χ2n) is 6.97. The lowest BCUT2D eigenvalue weighted by Gasteiger charge is -2.20. The molecule has 2 rings (SSSR count). The summed E-state index contributed by atoms with van der Waals surface area (Å²) in [6, 6.07) is 7.11. The van der Waals surface area contributed by atoms with Crippen molar-refractivity contribution in [2.45, 2.75) is 40.0 Å². The zero-order valence-electron chi connectivity index (χ0n) is 16.2. The molecule has 0 bridgehead atoms. The highest BCUT2D eigenvalue weighted by Gasteiger charge is 2.33. The Bertz CT molecular complexity index is 801. The number of carbonyl (C=O) groups is 2. The number of nitrogens with zero attached hydrogens (tertiary/aromatic N) is 1. The van der Waals surface area contributed by atoms with Gasteiger partial charge in [-0.25, -0.2) is 9.59 Å². The highest BCUT2D eigenvalue weighted by atomic mass is 16.5. The van der Waals surface area contributed by atoms with E-state index in [4.69, 9.17) is 9.47 Å². The van der Waals surface area contributed by atoms with Crippen LogP contribution in [0.5, 0.6) is 11.5 Å². The maximum Gasteiger partial charge on any atom is 0.359 e. The van der Waals surface area contributed by atoms with E-state index in [1.54, 1.807) is 26.0 Å². The number of rotatable bonds is 5. The van der Waals surface area contributed by atoms with Gasteiger partial charge in [0.05, 0.1) is 13.2 Å². The number of aromatic nitrogens is 1. The molecule has 0 atom stereocenters. The lowest BCUT2D eigenvalue weighted by Crippen LogP contribution is -2.17. The average Bonchev–Trinajstić information content (AvgIpc) is 2.86. The summed E-state index contributed by atoms with van der Waals surface area (Å²) in [7, 11) is 0. The Labute approximate surface area is 158 Å². The van der Waals surface area contributed by atoms with E-state index in [0.717, 1.165) is 10.1 Å². The van der Waals surface area contributed by atoms with Crippen molar-refractivity contribution in [3.63, 3.8) is 0 Å². The molecular weight excluding hydrogens is 350 g/mol. The van der Waals surface area contributed by atoms with Crippen LogP contribution in [-0.4, -0.2) is 39.9 Å². The molecule has 0 aliphatic carbocycles. The fourth-order valence-corrected chi connectivity index (χ4v) is 2.69. The predicted molar refractivity (Wildman–Crippen MR) is 99.7 cm³/mol. The van der Waals surface area contributed by atoms with Gasteiger partial charge in [-0.3, -0.25) is 4.57 Å². The van der Waals surface area contributed by atoms with E-state index < -0.39 is 23.4 Å². The molecule has 2 aromatic rings. The van der Waals surface area contributed by atoms with E-state index in [0.29, 0.717) is 5.69 Å². The number of hydrogen-bond donors (Lipinski definition) is 2. The molecule has 0 saturated heterocycles. The molecule has 27 heavy (non-hydrogen) atoms. The van der Waals surface area contributed by atoms with Crippen molar-refractivity contribution < 1.29 is 29.3 Å². The van der Waals surface area contributed by atoms with Crippen LogP contribution in [0, 0.1) is 0 Å². The summed E-state index contributed by atoms with van der Waals surface area (Å²) in [5.74, 6) is -3.17. The highest BCUT2D eigenvalue weighted by Crippen LogP contribution is 2.39. The smallest absolute Gasteiger partial charge is 0.359 e. The first-order valence-electron chi connectivity index (χ1n) is 8.75. The van der Waals surface area contributed by atoms with Gasteiger partial charge in [-0.05, 0) is 37.0 Å². The van der Waals surface area contributed by atoms with Crippen molar-refractivity contribution in [2.75, 3.05) is 13.2 Å². The van der Waals surface area contributed by atoms with Crippen LogP contribution in [0.4, 0.5) is 0 Å². The largest absolute Gasteiger partial charge is 0.503 e. The van der Waals surface area contributed by atoms with Gasteiger partial charge in [0.25, 0.3) is 0 Å². The monoisotopic (exact) mass is 375 g/mol. The van der Waals surface area contributed by atoms with E-state index in [-0.39, 0.29) is 30.0 Å². The molecule has 1 aromatic heterocycles. The number of esters is 2. The van der Waals surface area contributed by atoms with Crippen molar-refractivity contribution in [3.8, 4) is 17.2 Å². The van der Waals surface area contributed by atoms with E-state index in [2.05, 4.69) is 20.8 Å². The van der Waals surface area contributed by atoms with Crippen LogP contribution in [0.1, 0.15) is 61.2 Å². The molecule has 2 N–H and O–H groups in total. The Morgan fingerprint density at radius 2 is 1.30 bits per heavy atom. The highest BCUT2D eigenvalue weighted by molar-refractivity contribution is 6.00. The predicted octanol–water partition coefficient (Wildman–Crippen LogP) is 3.54. The van der Waals surface area contributed by atoms with Crippen molar-refractivity contribution in [1.29, 1.82) is 0 Å². The first-order chi connectivity index (χ1) is 12.6. The third-order valence-electron chi connectivity index (χ3n) is 4.05. The zero-order valence-corrected chi connectivity index (χ0v) is 16.2. The Morgan fingerprint density at radius 1 is 0.889 bits per heavy atom. The molecule has 0 fully saturated rings. The minimum Gasteiger partial charge on any atom is -0.503 e. The Morgan fingerprint density at radius 3 is 1.63 bits per heavy atom. The van der Waals surface area contributed by atoms with E-state index in [1.165, 1.54) is 0 Å². The lowest BCUT2D eigenvalue weighted by molar-refractivity contribution is 0.0507. The topological polar surface area (TPSA) is 98.0 Å². The molecule has 0 saturated carbocycles. The summed E-state index contributed by atoms with van der Waals surface area (Å²) in [4.78, 5) is 24.7. The van der Waals surface area contributed by atoms with Crippen LogP contribution >= 0.6 is 0 Å². The summed E-state index contributed by atoms with van der Waals surface area (Å²) < 4.78 is 11.1. The van der Waals surface area contributed by atoms with Crippen LogP contribution in [0.2, 0.25) is 0 Å². The van der Waals surface area contributed by atoms with Gasteiger partial charge < -0.3 is 19.7 Å². The fourth-order valence-electron chi connectivity index (χ4n) is 2.69. The second kappa shape index (κ2) is 7.73. The maximum absolute atomic E-state index is 12.4. The van der Waals surface area contributed by atoms with Gasteiger partial charge in [0, 0.05) is 5.69 Å². The van der Waals surface area contributed by atoms with Crippen LogP contribution in [0.3, 0.4) is 0 Å². The van der Waals surface area contributed by atoms with Crippen LogP contribution in [-0.2, 0) is 14.9 Å². The molecule has 1 heterocycles. The van der Waals surface area contributed by atoms with Gasteiger partial charge in [0.15, 0.2) is 22.9 Å². The molecule has 146 valence electrons. The summed E-state index contributed by atoms with van der Waals surface area (Å²) in [5, 5.41) is 20.6. The minimum absolute atomic E-state index is 0.0713. The van der Waals surface area contributed by atoms with Gasteiger partial charge in [-0.2, -0.15) is 0 Å². The minimum atomic E-state index is -0.860. The molecule has 0 amide bonds. The molecule has 1 aromatic carbocycles. The van der Waals surface area contributed by atoms with E-state index >= 15 is 0 Å². The third kappa shape index (κ3) is 3.92. The van der Waals surface area contributed by atoms with Gasteiger partial charge in [-0.1, -0.05) is 32.9 Å². The maximum atomic E-state index is 12.4. The molecule has 0 aliphatic heterocycles. The average molecular weight is 375 g/mol. The molecular formula is C20H25NO6. The first kappa shape index (κ1) is 20.4. The second-order valence-corrected chi connectivity index (χ2v) is 6.97. The number of ether oxygens (including phenoxy) is 2. The summed E-state index contributed by atoms with van der Waals surface area (Å²) >= 11 is 0. The third-order valence-corrected chi connectivity index (χ3v) is 4.05. The van der Waals surface area contributed by atoms with Crippen LogP contribution < -0.4 is 0 Å².